The number of rotatable bonds is 7. The van der Waals surface area contributed by atoms with Crippen molar-refractivity contribution in [2.45, 2.75) is 39.7 Å². The number of carboxylic acids is 1. The van der Waals surface area contributed by atoms with Crippen LogP contribution in [0.25, 0.3) is 0 Å². The van der Waals surface area contributed by atoms with Gasteiger partial charge in [-0.15, -0.1) is 11.3 Å². The lowest BCUT2D eigenvalue weighted by atomic mass is 10.0. The second kappa shape index (κ2) is 7.23. The smallest absolute Gasteiger partial charge is 0.408 e. The van der Waals surface area contributed by atoms with E-state index >= 15 is 0 Å². The average molecular weight is 300 g/mol. The molecule has 20 heavy (non-hydrogen) atoms. The van der Waals surface area contributed by atoms with Crippen LogP contribution in [0.15, 0.2) is 5.38 Å². The molecular weight excluding hydrogens is 280 g/mol. The van der Waals surface area contributed by atoms with Crippen LogP contribution in [-0.2, 0) is 11.2 Å². The molecule has 0 aromatic carbocycles. The normalized spacial score (nSPS) is 12.4. The Morgan fingerprint density at radius 3 is 2.45 bits per heavy atom. The van der Waals surface area contributed by atoms with Crippen molar-refractivity contribution >= 4 is 23.4 Å². The fraction of sp³-hybridized carbons (Fsp3) is 0.615. The molecule has 7 heteroatoms. The van der Waals surface area contributed by atoms with Crippen molar-refractivity contribution < 1.29 is 19.8 Å². The zero-order valence-corrected chi connectivity index (χ0v) is 12.7. The fourth-order valence-corrected chi connectivity index (χ4v) is 2.60. The Morgan fingerprint density at radius 2 is 2.05 bits per heavy atom. The molecule has 0 aliphatic rings. The Hall–Kier alpha value is -1.63. The third-order valence-electron chi connectivity index (χ3n) is 2.88. The Bertz CT molecular complexity index is 473. The van der Waals surface area contributed by atoms with Crippen molar-refractivity contribution in [2.24, 2.45) is 5.92 Å². The van der Waals surface area contributed by atoms with Crippen LogP contribution in [0.3, 0.4) is 0 Å². The quantitative estimate of drug-likeness (QED) is 0.807. The predicted molar refractivity (Wildman–Crippen MR) is 76.2 cm³/mol. The molecule has 0 aliphatic heterocycles. The topological polar surface area (TPSA) is 90.7 Å². The number of hydrogen-bond donors (Lipinski definition) is 2. The van der Waals surface area contributed by atoms with E-state index in [1.165, 1.54) is 11.3 Å². The molecule has 0 fully saturated rings. The van der Waals surface area contributed by atoms with Gasteiger partial charge in [0.25, 0.3) is 0 Å². The van der Waals surface area contributed by atoms with Gasteiger partial charge in [-0.2, -0.15) is 0 Å². The highest BCUT2D eigenvalue weighted by Crippen LogP contribution is 2.15. The first kappa shape index (κ1) is 16.4. The third kappa shape index (κ3) is 4.80. The summed E-state index contributed by atoms with van der Waals surface area (Å²) in [7, 11) is 0. The van der Waals surface area contributed by atoms with Gasteiger partial charge in [0.05, 0.1) is 10.7 Å². The number of aromatic nitrogens is 1. The van der Waals surface area contributed by atoms with Crippen LogP contribution in [0.5, 0.6) is 0 Å². The number of carboxylic acid groups (broad SMARTS) is 2. The van der Waals surface area contributed by atoms with Gasteiger partial charge in [0, 0.05) is 18.3 Å². The van der Waals surface area contributed by atoms with E-state index in [9.17, 15) is 19.8 Å². The Kier molecular flexibility index (Phi) is 5.94. The highest BCUT2D eigenvalue weighted by Gasteiger charge is 2.30. The largest absolute Gasteiger partial charge is 0.480 e. The molecule has 6 nitrogen and oxygen atoms in total. The molecule has 1 unspecified atom stereocenters. The molecule has 1 heterocycles. The van der Waals surface area contributed by atoms with E-state index in [1.54, 1.807) is 0 Å². The molecule has 1 aromatic heterocycles. The maximum absolute atomic E-state index is 11.3. The number of hydrogen-bond acceptors (Lipinski definition) is 4. The zero-order valence-electron chi connectivity index (χ0n) is 11.9. The maximum Gasteiger partial charge on any atom is 0.408 e. The number of aliphatic carboxylic acids is 1. The van der Waals surface area contributed by atoms with E-state index in [0.29, 0.717) is 12.8 Å². The zero-order chi connectivity index (χ0) is 15.3. The Balaban J connectivity index is 2.75. The average Bonchev–Trinajstić information content (AvgIpc) is 2.72. The Morgan fingerprint density at radius 1 is 1.40 bits per heavy atom. The van der Waals surface area contributed by atoms with Gasteiger partial charge in [0.15, 0.2) is 0 Å². The summed E-state index contributed by atoms with van der Waals surface area (Å²) in [6.45, 7) is 5.77. The van der Waals surface area contributed by atoms with Gasteiger partial charge < -0.3 is 10.2 Å². The van der Waals surface area contributed by atoms with Crippen LogP contribution >= 0.6 is 11.3 Å². The van der Waals surface area contributed by atoms with Crippen LogP contribution in [0, 0.1) is 12.8 Å². The second-order valence-corrected chi connectivity index (χ2v) is 6.13. The standard InChI is InChI=1S/C13H20N2O4S/c1-8(2)6-11(12(16)17)15(13(18)19)5-4-10-7-20-9(3)14-10/h7-8,11H,4-6H2,1-3H3,(H,16,17)(H,18,19). The molecule has 0 saturated heterocycles. The molecule has 0 bridgehead atoms. The summed E-state index contributed by atoms with van der Waals surface area (Å²) in [6.07, 6.45) is -0.471. The summed E-state index contributed by atoms with van der Waals surface area (Å²) in [6, 6.07) is -1.01. The van der Waals surface area contributed by atoms with Crippen LogP contribution in [0.4, 0.5) is 4.79 Å². The van der Waals surface area contributed by atoms with Gasteiger partial charge in [0.2, 0.25) is 0 Å². The van der Waals surface area contributed by atoms with E-state index in [1.807, 2.05) is 26.2 Å². The van der Waals surface area contributed by atoms with E-state index < -0.39 is 18.1 Å². The summed E-state index contributed by atoms with van der Waals surface area (Å²) < 4.78 is 0. The van der Waals surface area contributed by atoms with E-state index in [0.717, 1.165) is 15.6 Å². The minimum absolute atomic E-state index is 0.111. The number of aryl methyl sites for hydroxylation is 1. The molecule has 0 aliphatic carbocycles. The van der Waals surface area contributed by atoms with E-state index in [2.05, 4.69) is 4.98 Å². The molecule has 0 saturated carbocycles. The van der Waals surface area contributed by atoms with Crippen LogP contribution < -0.4 is 0 Å². The molecule has 0 spiro atoms. The summed E-state index contributed by atoms with van der Waals surface area (Å²) >= 11 is 1.50. The van der Waals surface area contributed by atoms with E-state index in [4.69, 9.17) is 0 Å². The fourth-order valence-electron chi connectivity index (χ4n) is 1.95. The first-order chi connectivity index (χ1) is 9.31. The van der Waals surface area contributed by atoms with Gasteiger partial charge in [-0.1, -0.05) is 13.8 Å². The van der Waals surface area contributed by atoms with Crippen LogP contribution in [0.2, 0.25) is 0 Å². The lowest BCUT2D eigenvalue weighted by Crippen LogP contribution is -2.46. The molecular formula is C13H20N2O4S. The summed E-state index contributed by atoms with van der Waals surface area (Å²) in [5, 5.41) is 21.2. The SMILES string of the molecule is Cc1nc(CCN(C(=O)O)C(CC(C)C)C(=O)O)cs1. The van der Waals surface area contributed by atoms with Crippen molar-refractivity contribution in [3.05, 3.63) is 16.1 Å². The van der Waals surface area contributed by atoms with Crippen LogP contribution in [0.1, 0.15) is 31.0 Å². The van der Waals surface area contributed by atoms with Crippen molar-refractivity contribution in [1.29, 1.82) is 0 Å². The van der Waals surface area contributed by atoms with Crippen molar-refractivity contribution in [3.8, 4) is 0 Å². The van der Waals surface area contributed by atoms with Gasteiger partial charge in [0.1, 0.15) is 6.04 Å². The summed E-state index contributed by atoms with van der Waals surface area (Å²) in [5.41, 5.74) is 0.799. The monoisotopic (exact) mass is 300 g/mol. The third-order valence-corrected chi connectivity index (χ3v) is 3.70. The molecule has 1 atom stereocenters. The molecule has 1 amide bonds. The summed E-state index contributed by atoms with van der Waals surface area (Å²) in [4.78, 5) is 27.8. The summed E-state index contributed by atoms with van der Waals surface area (Å²) in [5.74, 6) is -0.991. The van der Waals surface area contributed by atoms with Crippen LogP contribution in [-0.4, -0.2) is 44.7 Å². The maximum atomic E-state index is 11.3. The van der Waals surface area contributed by atoms with Gasteiger partial charge >= 0.3 is 12.1 Å². The first-order valence-electron chi connectivity index (χ1n) is 6.44. The molecule has 1 rings (SSSR count). The lowest BCUT2D eigenvalue weighted by molar-refractivity contribution is -0.143. The molecule has 112 valence electrons. The Labute approximate surface area is 122 Å². The second-order valence-electron chi connectivity index (χ2n) is 5.07. The number of nitrogens with zero attached hydrogens (tertiary/aromatic N) is 2. The highest BCUT2D eigenvalue weighted by atomic mass is 32.1. The van der Waals surface area contributed by atoms with Gasteiger partial charge in [-0.05, 0) is 19.3 Å². The minimum atomic E-state index is -1.20. The lowest BCUT2D eigenvalue weighted by Gasteiger charge is -2.27. The predicted octanol–water partition coefficient (Wildman–Crippen LogP) is 2.47. The van der Waals surface area contributed by atoms with Gasteiger partial charge in [-0.25, -0.2) is 14.6 Å². The van der Waals surface area contributed by atoms with E-state index in [-0.39, 0.29) is 12.5 Å². The number of thiazole rings is 1. The number of carbonyl (C=O) groups is 2. The molecule has 2 N–H and O–H groups in total. The highest BCUT2D eigenvalue weighted by molar-refractivity contribution is 7.09. The number of amides is 1. The molecule has 1 aromatic rings. The van der Waals surface area contributed by atoms with Crippen molar-refractivity contribution in [1.82, 2.24) is 9.88 Å². The minimum Gasteiger partial charge on any atom is -0.480 e. The van der Waals surface area contributed by atoms with Crippen molar-refractivity contribution in [3.63, 3.8) is 0 Å². The van der Waals surface area contributed by atoms with Crippen molar-refractivity contribution in [2.75, 3.05) is 6.54 Å². The first-order valence-corrected chi connectivity index (χ1v) is 7.32. The molecule has 0 radical (unpaired) electrons. The van der Waals surface area contributed by atoms with Gasteiger partial charge in [-0.3, -0.25) is 4.90 Å².